The predicted molar refractivity (Wildman–Crippen MR) is 109 cm³/mol. The smallest absolute Gasteiger partial charge is 0.425 e. The number of amidine groups is 1. The Morgan fingerprint density at radius 1 is 1.09 bits per heavy atom. The van der Waals surface area contributed by atoms with E-state index in [1.54, 1.807) is 25.3 Å². The SMILES string of the molecule is CC[N+]1([O-])C(c2ccc(OC(C)C(F)(F)F)c(C(F)(F)F)c2)=NC1c1ccc2cc[nH]c2c1. The Hall–Kier alpha value is -3.05. The largest absolute Gasteiger partial charge is 0.624 e. The van der Waals surface area contributed by atoms with Gasteiger partial charge in [0.15, 0.2) is 6.10 Å². The van der Waals surface area contributed by atoms with Crippen molar-refractivity contribution < 1.29 is 35.7 Å². The lowest BCUT2D eigenvalue weighted by Crippen LogP contribution is -2.57. The van der Waals surface area contributed by atoms with Gasteiger partial charge in [-0.05, 0) is 49.6 Å². The maximum atomic E-state index is 13.6. The van der Waals surface area contributed by atoms with Crippen LogP contribution in [0.15, 0.2) is 53.7 Å². The molecule has 1 aliphatic rings. The fraction of sp³-hybridized carbons (Fsp3) is 0.318. The molecule has 2 heterocycles. The van der Waals surface area contributed by atoms with Crippen LogP contribution in [0.25, 0.3) is 10.9 Å². The minimum atomic E-state index is -5.00. The van der Waals surface area contributed by atoms with Crippen molar-refractivity contribution >= 4 is 16.7 Å². The third kappa shape index (κ3) is 4.06. The van der Waals surface area contributed by atoms with Crippen LogP contribution in [0, 0.1) is 5.21 Å². The molecule has 1 aliphatic heterocycles. The van der Waals surface area contributed by atoms with Crippen molar-refractivity contribution in [3.63, 3.8) is 0 Å². The Morgan fingerprint density at radius 3 is 2.45 bits per heavy atom. The van der Waals surface area contributed by atoms with E-state index in [9.17, 15) is 31.5 Å². The van der Waals surface area contributed by atoms with Gasteiger partial charge >= 0.3 is 12.4 Å². The summed E-state index contributed by atoms with van der Waals surface area (Å²) in [6, 6.07) is 9.69. The molecule has 3 unspecified atom stereocenters. The van der Waals surface area contributed by atoms with Crippen LogP contribution in [0.5, 0.6) is 5.75 Å². The summed E-state index contributed by atoms with van der Waals surface area (Å²) in [5, 5.41) is 14.5. The summed E-state index contributed by atoms with van der Waals surface area (Å²) in [4.78, 5) is 7.34. The minimum absolute atomic E-state index is 0.00300. The van der Waals surface area contributed by atoms with Gasteiger partial charge in [-0.2, -0.15) is 31.3 Å². The number of aromatic amines is 1. The number of quaternary nitrogens is 1. The molecule has 4 rings (SSSR count). The highest BCUT2D eigenvalue weighted by atomic mass is 19.4. The molecular weight excluding hydrogens is 452 g/mol. The number of aromatic nitrogens is 1. The predicted octanol–water partition coefficient (Wildman–Crippen LogP) is 6.31. The lowest BCUT2D eigenvalue weighted by molar-refractivity contribution is -0.841. The monoisotopic (exact) mass is 471 g/mol. The van der Waals surface area contributed by atoms with Crippen LogP contribution in [0.4, 0.5) is 26.3 Å². The van der Waals surface area contributed by atoms with Gasteiger partial charge in [0.05, 0.1) is 17.7 Å². The average molecular weight is 471 g/mol. The molecular formula is C22H19F6N3O2. The number of nitrogens with zero attached hydrogens (tertiary/aromatic N) is 2. The first kappa shape index (κ1) is 23.1. The molecule has 5 nitrogen and oxygen atoms in total. The van der Waals surface area contributed by atoms with Crippen LogP contribution in [0.3, 0.4) is 0 Å². The number of fused-ring (bicyclic) bond motifs is 1. The van der Waals surface area contributed by atoms with E-state index in [0.717, 1.165) is 23.0 Å². The number of halogens is 6. The van der Waals surface area contributed by atoms with Crippen molar-refractivity contribution in [3.8, 4) is 5.75 Å². The normalized spacial score (nSPS) is 22.1. The van der Waals surface area contributed by atoms with Gasteiger partial charge in [0.1, 0.15) is 5.75 Å². The second kappa shape index (κ2) is 7.77. The number of ether oxygens (including phenoxy) is 1. The van der Waals surface area contributed by atoms with Crippen LogP contribution >= 0.6 is 0 Å². The van der Waals surface area contributed by atoms with Crippen LogP contribution in [0.1, 0.15) is 36.7 Å². The van der Waals surface area contributed by atoms with Crippen molar-refractivity contribution in [2.45, 2.75) is 38.5 Å². The van der Waals surface area contributed by atoms with E-state index in [0.29, 0.717) is 18.6 Å². The van der Waals surface area contributed by atoms with E-state index < -0.39 is 40.6 Å². The van der Waals surface area contributed by atoms with Crippen molar-refractivity contribution in [2.24, 2.45) is 4.99 Å². The van der Waals surface area contributed by atoms with Gasteiger partial charge in [0.2, 0.25) is 12.0 Å². The van der Waals surface area contributed by atoms with E-state index in [1.807, 2.05) is 12.1 Å². The Kier molecular flexibility index (Phi) is 5.44. The molecule has 2 aromatic carbocycles. The lowest BCUT2D eigenvalue weighted by Gasteiger charge is -2.52. The van der Waals surface area contributed by atoms with Crippen LogP contribution in [0.2, 0.25) is 0 Å². The van der Waals surface area contributed by atoms with Gasteiger partial charge in [0, 0.05) is 17.3 Å². The molecule has 0 saturated carbocycles. The number of H-pyrrole nitrogens is 1. The first-order valence-electron chi connectivity index (χ1n) is 10.0. The summed E-state index contributed by atoms with van der Waals surface area (Å²) in [5.41, 5.74) is -0.139. The molecule has 0 fully saturated rings. The van der Waals surface area contributed by atoms with Crippen LogP contribution in [-0.2, 0) is 6.18 Å². The molecule has 11 heteroatoms. The summed E-state index contributed by atoms with van der Waals surface area (Å²) < 4.78 is 82.8. The van der Waals surface area contributed by atoms with Gasteiger partial charge < -0.3 is 14.9 Å². The number of benzene rings is 2. The quantitative estimate of drug-likeness (QED) is 0.269. The van der Waals surface area contributed by atoms with Crippen molar-refractivity contribution in [3.05, 3.63) is 70.6 Å². The summed E-state index contributed by atoms with van der Waals surface area (Å²) in [6.45, 7) is 2.21. The highest BCUT2D eigenvalue weighted by molar-refractivity contribution is 5.97. The minimum Gasteiger partial charge on any atom is -0.624 e. The molecule has 0 bridgehead atoms. The number of rotatable bonds is 5. The fourth-order valence-corrected chi connectivity index (χ4v) is 3.77. The molecule has 176 valence electrons. The highest BCUT2D eigenvalue weighted by Gasteiger charge is 2.46. The van der Waals surface area contributed by atoms with Gasteiger partial charge in [-0.3, -0.25) is 4.65 Å². The maximum absolute atomic E-state index is 13.6. The number of nitrogens with one attached hydrogen (secondary N) is 1. The van der Waals surface area contributed by atoms with E-state index >= 15 is 0 Å². The molecule has 0 saturated heterocycles. The molecule has 0 radical (unpaired) electrons. The van der Waals surface area contributed by atoms with Gasteiger partial charge in [0.25, 0.3) is 0 Å². The topological polar surface area (TPSA) is 60.4 Å². The molecule has 0 amide bonds. The Bertz CT molecular complexity index is 1220. The van der Waals surface area contributed by atoms with Crippen LogP contribution in [-0.4, -0.2) is 34.3 Å². The Labute approximate surface area is 184 Å². The number of hydroxylamine groups is 3. The second-order valence-electron chi connectivity index (χ2n) is 7.77. The fourth-order valence-electron chi connectivity index (χ4n) is 3.77. The zero-order valence-corrected chi connectivity index (χ0v) is 17.5. The van der Waals surface area contributed by atoms with E-state index in [1.165, 1.54) is 0 Å². The van der Waals surface area contributed by atoms with E-state index in [2.05, 4.69) is 14.7 Å². The van der Waals surface area contributed by atoms with Gasteiger partial charge in [-0.25, -0.2) is 0 Å². The number of aliphatic imine (C=N–C) groups is 1. The molecule has 1 N–H and O–H groups in total. The van der Waals surface area contributed by atoms with Gasteiger partial charge in [-0.15, -0.1) is 0 Å². The van der Waals surface area contributed by atoms with Gasteiger partial charge in [-0.1, -0.05) is 12.1 Å². The number of alkyl halides is 6. The Balaban J connectivity index is 1.72. The molecule has 0 aliphatic carbocycles. The first-order valence-corrected chi connectivity index (χ1v) is 10.0. The Morgan fingerprint density at radius 2 is 1.82 bits per heavy atom. The van der Waals surface area contributed by atoms with Crippen LogP contribution < -0.4 is 4.74 Å². The zero-order valence-electron chi connectivity index (χ0n) is 17.5. The molecule has 0 spiro atoms. The first-order chi connectivity index (χ1) is 15.3. The average Bonchev–Trinajstić information content (AvgIpc) is 3.19. The van der Waals surface area contributed by atoms with Crippen molar-refractivity contribution in [1.82, 2.24) is 4.98 Å². The van der Waals surface area contributed by atoms with E-state index in [-0.39, 0.29) is 17.9 Å². The standard InChI is InChI=1S/C22H19F6N3O2/c1-3-31(32)19(30-20(31)15-5-4-13-8-9-29-17(13)11-15)14-6-7-18(16(10-14)22(26,27)28)33-12(2)21(23,24)25/h4-12,20,29H,3H2,1-2H3. The zero-order chi connectivity index (χ0) is 24.2. The summed E-state index contributed by atoms with van der Waals surface area (Å²) in [7, 11) is 0. The van der Waals surface area contributed by atoms with E-state index in [4.69, 9.17) is 0 Å². The third-order valence-corrected chi connectivity index (χ3v) is 5.65. The van der Waals surface area contributed by atoms with Crippen molar-refractivity contribution in [2.75, 3.05) is 6.54 Å². The summed E-state index contributed by atoms with van der Waals surface area (Å²) in [5.74, 6) is -1.10. The molecule has 1 aromatic heterocycles. The third-order valence-electron chi connectivity index (χ3n) is 5.65. The number of hydrogen-bond acceptors (Lipinski definition) is 3. The van der Waals surface area contributed by atoms with Crippen molar-refractivity contribution in [1.29, 1.82) is 0 Å². The molecule has 3 atom stereocenters. The number of hydrogen-bond donors (Lipinski definition) is 1. The summed E-state index contributed by atoms with van der Waals surface area (Å²) >= 11 is 0. The maximum Gasteiger partial charge on any atom is 0.425 e. The summed E-state index contributed by atoms with van der Waals surface area (Å²) in [6.07, 6.45) is -11.4. The lowest BCUT2D eigenvalue weighted by atomic mass is 10.0. The highest BCUT2D eigenvalue weighted by Crippen LogP contribution is 2.44. The molecule has 33 heavy (non-hydrogen) atoms. The second-order valence-corrected chi connectivity index (χ2v) is 7.77. The molecule has 3 aromatic rings.